The summed E-state index contributed by atoms with van der Waals surface area (Å²) in [5.41, 5.74) is 0.0823. The van der Waals surface area contributed by atoms with Gasteiger partial charge in [0.2, 0.25) is 5.91 Å². The van der Waals surface area contributed by atoms with Crippen LogP contribution >= 0.6 is 0 Å². The van der Waals surface area contributed by atoms with Crippen molar-refractivity contribution in [2.24, 2.45) is 5.92 Å². The second kappa shape index (κ2) is 7.11. The van der Waals surface area contributed by atoms with Crippen LogP contribution in [0.3, 0.4) is 0 Å². The highest BCUT2D eigenvalue weighted by atomic mass is 19.2. The van der Waals surface area contributed by atoms with Crippen molar-refractivity contribution in [3.8, 4) is 0 Å². The molecule has 122 valence electrons. The van der Waals surface area contributed by atoms with Crippen molar-refractivity contribution in [2.75, 3.05) is 19.7 Å². The minimum absolute atomic E-state index is 0.0604. The molecule has 1 atom stereocenters. The molecule has 22 heavy (non-hydrogen) atoms. The van der Waals surface area contributed by atoms with Gasteiger partial charge in [-0.2, -0.15) is 0 Å². The maximum absolute atomic E-state index is 13.1. The van der Waals surface area contributed by atoms with Crippen molar-refractivity contribution in [1.82, 2.24) is 4.90 Å². The average molecular weight is 317 g/mol. The number of carbonyl (C=O) groups excluding carboxylic acids is 1. The zero-order chi connectivity index (χ0) is 16.3. The van der Waals surface area contributed by atoms with E-state index < -0.39 is 23.6 Å². The van der Waals surface area contributed by atoms with Gasteiger partial charge >= 0.3 is 0 Å². The number of rotatable bonds is 4. The van der Waals surface area contributed by atoms with E-state index in [0.29, 0.717) is 25.9 Å². The molecule has 0 radical (unpaired) electrons. The molecule has 0 bridgehead atoms. The zero-order valence-corrected chi connectivity index (χ0v) is 11.9. The Bertz CT molecular complexity index is 522. The van der Waals surface area contributed by atoms with Crippen LogP contribution in [-0.4, -0.2) is 46.8 Å². The summed E-state index contributed by atoms with van der Waals surface area (Å²) in [5, 5.41) is 18.5. The monoisotopic (exact) mass is 317 g/mol. The quantitative estimate of drug-likeness (QED) is 0.822. The first-order valence-corrected chi connectivity index (χ1v) is 7.12. The van der Waals surface area contributed by atoms with Crippen molar-refractivity contribution in [2.45, 2.75) is 25.4 Å². The molecule has 1 unspecified atom stereocenters. The van der Waals surface area contributed by atoms with E-state index in [9.17, 15) is 23.1 Å². The van der Waals surface area contributed by atoms with Crippen LogP contribution in [0.2, 0.25) is 0 Å². The fraction of sp³-hybridized carbons (Fsp3) is 0.533. The van der Waals surface area contributed by atoms with E-state index in [1.165, 1.54) is 0 Å². The second-order valence-corrected chi connectivity index (χ2v) is 5.52. The molecule has 1 aliphatic rings. The molecule has 2 N–H and O–H groups in total. The fourth-order valence-corrected chi connectivity index (χ4v) is 2.68. The van der Waals surface area contributed by atoms with Crippen LogP contribution in [0.5, 0.6) is 0 Å². The first kappa shape index (κ1) is 16.8. The first-order chi connectivity index (χ1) is 10.4. The second-order valence-electron chi connectivity index (χ2n) is 5.52. The predicted octanol–water partition coefficient (Wildman–Crippen LogP) is 1.24. The molecule has 2 rings (SSSR count). The zero-order valence-electron chi connectivity index (χ0n) is 11.9. The van der Waals surface area contributed by atoms with Crippen molar-refractivity contribution in [3.05, 3.63) is 35.1 Å². The van der Waals surface area contributed by atoms with Crippen LogP contribution in [0, 0.1) is 23.4 Å². The molecule has 0 aliphatic carbocycles. The summed E-state index contributed by atoms with van der Waals surface area (Å²) in [4.78, 5) is 13.6. The summed E-state index contributed by atoms with van der Waals surface area (Å²) < 4.78 is 39.1. The van der Waals surface area contributed by atoms with Gasteiger partial charge in [-0.1, -0.05) is 0 Å². The largest absolute Gasteiger partial charge is 0.394 e. The van der Waals surface area contributed by atoms with Gasteiger partial charge in [-0.05, 0) is 36.5 Å². The van der Waals surface area contributed by atoms with Crippen LogP contribution in [0.25, 0.3) is 0 Å². The summed E-state index contributed by atoms with van der Waals surface area (Å²) >= 11 is 0. The third-order valence-corrected chi connectivity index (χ3v) is 4.02. The van der Waals surface area contributed by atoms with Gasteiger partial charge in [-0.3, -0.25) is 4.79 Å². The normalized spacial score (nSPS) is 17.6. The van der Waals surface area contributed by atoms with Crippen LogP contribution in [0.4, 0.5) is 13.2 Å². The highest BCUT2D eigenvalue weighted by molar-refractivity contribution is 5.78. The lowest BCUT2D eigenvalue weighted by atomic mass is 9.91. The molecular formula is C15H18F3NO3. The van der Waals surface area contributed by atoms with Crippen molar-refractivity contribution in [1.29, 1.82) is 0 Å². The SMILES string of the molecule is O=C(Cc1cc(F)c(F)c(F)c1)N1CCC(C(O)CO)CC1. The van der Waals surface area contributed by atoms with Crippen LogP contribution in [0.1, 0.15) is 18.4 Å². The number of hydrogen-bond donors (Lipinski definition) is 2. The number of halogens is 3. The molecule has 1 aromatic carbocycles. The molecule has 1 aromatic rings. The third-order valence-electron chi connectivity index (χ3n) is 4.02. The summed E-state index contributed by atoms with van der Waals surface area (Å²) in [6.45, 7) is 0.506. The lowest BCUT2D eigenvalue weighted by Crippen LogP contribution is -2.42. The highest BCUT2D eigenvalue weighted by Gasteiger charge is 2.27. The highest BCUT2D eigenvalue weighted by Crippen LogP contribution is 2.22. The Labute approximate surface area is 126 Å². The van der Waals surface area contributed by atoms with E-state index in [-0.39, 0.29) is 30.4 Å². The van der Waals surface area contributed by atoms with Gasteiger partial charge < -0.3 is 15.1 Å². The minimum Gasteiger partial charge on any atom is -0.394 e. The minimum atomic E-state index is -1.55. The van der Waals surface area contributed by atoms with Crippen LogP contribution in [-0.2, 0) is 11.2 Å². The molecular weight excluding hydrogens is 299 g/mol. The summed E-state index contributed by atoms with van der Waals surface area (Å²) in [6, 6.07) is 1.64. The predicted molar refractivity (Wildman–Crippen MR) is 72.4 cm³/mol. The summed E-state index contributed by atoms with van der Waals surface area (Å²) in [6.07, 6.45) is 0.109. The number of aliphatic hydroxyl groups excluding tert-OH is 2. The first-order valence-electron chi connectivity index (χ1n) is 7.12. The van der Waals surface area contributed by atoms with Gasteiger partial charge in [0.25, 0.3) is 0 Å². The van der Waals surface area contributed by atoms with E-state index >= 15 is 0 Å². The number of aliphatic hydroxyl groups is 2. The number of carbonyl (C=O) groups is 1. The number of piperidine rings is 1. The number of likely N-dealkylation sites (tertiary alicyclic amines) is 1. The molecule has 1 fully saturated rings. The molecule has 7 heteroatoms. The van der Waals surface area contributed by atoms with E-state index in [0.717, 1.165) is 12.1 Å². The molecule has 1 saturated heterocycles. The topological polar surface area (TPSA) is 60.8 Å². The van der Waals surface area contributed by atoms with Crippen LogP contribution in [0.15, 0.2) is 12.1 Å². The maximum Gasteiger partial charge on any atom is 0.226 e. The standard InChI is InChI=1S/C15H18F3NO3/c16-11-5-9(6-12(17)15(11)18)7-14(22)19-3-1-10(2-4-19)13(21)8-20/h5-6,10,13,20-21H,1-4,7-8H2. The molecule has 1 aliphatic heterocycles. The maximum atomic E-state index is 13.1. The Morgan fingerprint density at radius 1 is 1.23 bits per heavy atom. The Morgan fingerprint density at radius 2 is 1.77 bits per heavy atom. The Hall–Kier alpha value is -1.60. The van der Waals surface area contributed by atoms with Crippen molar-refractivity contribution < 1.29 is 28.2 Å². The fourth-order valence-electron chi connectivity index (χ4n) is 2.68. The van der Waals surface area contributed by atoms with Crippen LogP contribution < -0.4 is 0 Å². The smallest absolute Gasteiger partial charge is 0.226 e. The van der Waals surface area contributed by atoms with Gasteiger partial charge in [-0.15, -0.1) is 0 Å². The molecule has 1 amide bonds. The van der Waals surface area contributed by atoms with Gasteiger partial charge in [0, 0.05) is 13.1 Å². The molecule has 0 saturated carbocycles. The Morgan fingerprint density at radius 3 is 2.27 bits per heavy atom. The van der Waals surface area contributed by atoms with Crippen molar-refractivity contribution in [3.63, 3.8) is 0 Å². The van der Waals surface area contributed by atoms with E-state index in [4.69, 9.17) is 5.11 Å². The summed E-state index contributed by atoms with van der Waals surface area (Å²) in [7, 11) is 0. The molecule has 1 heterocycles. The average Bonchev–Trinajstić information content (AvgIpc) is 2.51. The molecule has 0 aromatic heterocycles. The number of benzene rings is 1. The van der Waals surface area contributed by atoms with Gasteiger partial charge in [-0.25, -0.2) is 13.2 Å². The Kier molecular flexibility index (Phi) is 5.42. The lowest BCUT2D eigenvalue weighted by molar-refractivity contribution is -0.132. The number of amides is 1. The Balaban J connectivity index is 1.94. The number of hydrogen-bond acceptors (Lipinski definition) is 3. The van der Waals surface area contributed by atoms with E-state index in [1.54, 1.807) is 4.90 Å². The van der Waals surface area contributed by atoms with E-state index in [2.05, 4.69) is 0 Å². The summed E-state index contributed by atoms with van der Waals surface area (Å²) in [5.74, 6) is -4.53. The lowest BCUT2D eigenvalue weighted by Gasteiger charge is -2.33. The number of nitrogens with zero attached hydrogens (tertiary/aromatic N) is 1. The van der Waals surface area contributed by atoms with Gasteiger partial charge in [0.15, 0.2) is 17.5 Å². The van der Waals surface area contributed by atoms with E-state index in [1.807, 2.05) is 0 Å². The van der Waals surface area contributed by atoms with Crippen molar-refractivity contribution >= 4 is 5.91 Å². The van der Waals surface area contributed by atoms with Gasteiger partial charge in [0.05, 0.1) is 19.1 Å². The molecule has 4 nitrogen and oxygen atoms in total. The molecule has 0 spiro atoms. The van der Waals surface area contributed by atoms with Gasteiger partial charge in [0.1, 0.15) is 0 Å². The third kappa shape index (κ3) is 3.78.